The first-order chi connectivity index (χ1) is 11.1. The molecule has 1 aromatic heterocycles. The number of nitrogen functional groups attached to an aromatic ring is 1. The topological polar surface area (TPSA) is 84.1 Å². The number of hydrogen-bond donors (Lipinski definition) is 2. The Morgan fingerprint density at radius 3 is 2.83 bits per heavy atom. The van der Waals surface area contributed by atoms with Gasteiger partial charge < -0.3 is 16.0 Å². The van der Waals surface area contributed by atoms with Crippen LogP contribution in [0.4, 0.5) is 14.3 Å². The smallest absolute Gasteiger partial charge is 0.318 e. The Bertz CT molecular complexity index is 675. The summed E-state index contributed by atoms with van der Waals surface area (Å²) in [5.74, 6) is -0.269. The molecule has 1 saturated heterocycles. The number of amides is 2. The van der Waals surface area contributed by atoms with E-state index in [4.69, 9.17) is 5.73 Å². The summed E-state index contributed by atoms with van der Waals surface area (Å²) in [5.41, 5.74) is 6.49. The van der Waals surface area contributed by atoms with Gasteiger partial charge in [0.15, 0.2) is 0 Å². The fourth-order valence-corrected chi connectivity index (χ4v) is 3.35. The van der Waals surface area contributed by atoms with Gasteiger partial charge in [-0.3, -0.25) is 0 Å². The number of rotatable bonds is 3. The zero-order valence-corrected chi connectivity index (χ0v) is 13.4. The minimum atomic E-state index is -0.269. The monoisotopic (exact) mass is 335 g/mol. The molecule has 0 aliphatic carbocycles. The number of benzene rings is 1. The molecule has 2 aromatic rings. The number of nitrogens with one attached hydrogen (secondary N) is 1. The molecule has 1 unspecified atom stereocenters. The first-order valence-corrected chi connectivity index (χ1v) is 8.33. The summed E-state index contributed by atoms with van der Waals surface area (Å²) in [6, 6.07) is 6.19. The van der Waals surface area contributed by atoms with Crippen LogP contribution < -0.4 is 11.1 Å². The summed E-state index contributed by atoms with van der Waals surface area (Å²) in [6.45, 7) is 0.993. The SMILES string of the molecule is Nc1nnc(CNC(=O)N2CCCCC2c2ccc(F)cc2)s1. The molecular formula is C15H18FN5OS. The molecule has 1 aromatic carbocycles. The van der Waals surface area contributed by atoms with Crippen molar-refractivity contribution >= 4 is 22.5 Å². The van der Waals surface area contributed by atoms with Crippen molar-refractivity contribution < 1.29 is 9.18 Å². The lowest BCUT2D eigenvalue weighted by Crippen LogP contribution is -2.44. The van der Waals surface area contributed by atoms with Gasteiger partial charge in [-0.2, -0.15) is 0 Å². The van der Waals surface area contributed by atoms with E-state index in [0.29, 0.717) is 23.2 Å². The summed E-state index contributed by atoms with van der Waals surface area (Å²) >= 11 is 1.26. The maximum atomic E-state index is 13.1. The summed E-state index contributed by atoms with van der Waals surface area (Å²) in [5, 5.41) is 11.5. The number of nitrogens with zero attached hydrogens (tertiary/aromatic N) is 3. The normalized spacial score (nSPS) is 18.0. The Kier molecular flexibility index (Phi) is 4.71. The largest absolute Gasteiger partial charge is 0.374 e. The van der Waals surface area contributed by atoms with Crippen LogP contribution in [0.5, 0.6) is 0 Å². The van der Waals surface area contributed by atoms with E-state index in [9.17, 15) is 9.18 Å². The maximum Gasteiger partial charge on any atom is 0.318 e. The van der Waals surface area contributed by atoms with Crippen LogP contribution in [0.2, 0.25) is 0 Å². The molecule has 1 atom stereocenters. The fourth-order valence-electron chi connectivity index (χ4n) is 2.80. The van der Waals surface area contributed by atoms with Gasteiger partial charge >= 0.3 is 6.03 Å². The van der Waals surface area contributed by atoms with Gasteiger partial charge in [0.1, 0.15) is 10.8 Å². The number of nitrogens with two attached hydrogens (primary N) is 1. The lowest BCUT2D eigenvalue weighted by Gasteiger charge is -2.36. The van der Waals surface area contributed by atoms with Crippen molar-refractivity contribution in [2.24, 2.45) is 0 Å². The molecule has 1 aliphatic rings. The highest BCUT2D eigenvalue weighted by molar-refractivity contribution is 7.15. The Morgan fingerprint density at radius 2 is 2.13 bits per heavy atom. The third-order valence-electron chi connectivity index (χ3n) is 3.89. The molecule has 8 heteroatoms. The number of anilines is 1. The number of urea groups is 1. The van der Waals surface area contributed by atoms with Gasteiger partial charge in [-0.15, -0.1) is 10.2 Å². The number of likely N-dealkylation sites (tertiary alicyclic amines) is 1. The van der Waals surface area contributed by atoms with E-state index in [1.165, 1.54) is 23.5 Å². The van der Waals surface area contributed by atoms with Gasteiger partial charge in [0.25, 0.3) is 0 Å². The fraction of sp³-hybridized carbons (Fsp3) is 0.400. The molecule has 3 rings (SSSR count). The quantitative estimate of drug-likeness (QED) is 0.903. The number of halogens is 1. The highest BCUT2D eigenvalue weighted by Gasteiger charge is 2.27. The summed E-state index contributed by atoms with van der Waals surface area (Å²) in [4.78, 5) is 14.3. The third kappa shape index (κ3) is 3.76. The Balaban J connectivity index is 1.67. The maximum absolute atomic E-state index is 13.1. The summed E-state index contributed by atoms with van der Waals surface area (Å²) in [7, 11) is 0. The molecule has 2 heterocycles. The van der Waals surface area contributed by atoms with E-state index < -0.39 is 0 Å². The summed E-state index contributed by atoms with van der Waals surface area (Å²) in [6.07, 6.45) is 2.90. The van der Waals surface area contributed by atoms with Crippen LogP contribution in [-0.4, -0.2) is 27.7 Å². The molecule has 1 fully saturated rings. The average Bonchev–Trinajstić information content (AvgIpc) is 2.99. The van der Waals surface area contributed by atoms with Gasteiger partial charge in [-0.05, 0) is 37.0 Å². The van der Waals surface area contributed by atoms with Crippen LogP contribution in [0.1, 0.15) is 35.9 Å². The highest BCUT2D eigenvalue weighted by Crippen LogP contribution is 2.31. The van der Waals surface area contributed by atoms with Gasteiger partial charge in [-0.1, -0.05) is 23.5 Å². The van der Waals surface area contributed by atoms with Gasteiger partial charge in [-0.25, -0.2) is 9.18 Å². The van der Waals surface area contributed by atoms with Crippen molar-refractivity contribution in [2.75, 3.05) is 12.3 Å². The van der Waals surface area contributed by atoms with Crippen molar-refractivity contribution in [1.82, 2.24) is 20.4 Å². The molecule has 0 bridgehead atoms. The van der Waals surface area contributed by atoms with Crippen molar-refractivity contribution in [2.45, 2.75) is 31.8 Å². The Labute approximate surface area is 137 Å². The lowest BCUT2D eigenvalue weighted by atomic mass is 9.95. The standard InChI is InChI=1S/C15H18FN5OS/c16-11-6-4-10(5-7-11)12-3-1-2-8-21(12)15(22)18-9-13-19-20-14(17)23-13/h4-7,12H,1-3,8-9H2,(H2,17,20)(H,18,22). The van der Waals surface area contributed by atoms with Crippen LogP contribution in [0.3, 0.4) is 0 Å². The highest BCUT2D eigenvalue weighted by atomic mass is 32.1. The van der Waals surface area contributed by atoms with Crippen LogP contribution in [0.15, 0.2) is 24.3 Å². The van der Waals surface area contributed by atoms with Crippen LogP contribution >= 0.6 is 11.3 Å². The second-order valence-electron chi connectivity index (χ2n) is 5.45. The minimum Gasteiger partial charge on any atom is -0.374 e. The second kappa shape index (κ2) is 6.91. The van der Waals surface area contributed by atoms with E-state index in [0.717, 1.165) is 24.8 Å². The van der Waals surface area contributed by atoms with E-state index in [-0.39, 0.29) is 17.9 Å². The van der Waals surface area contributed by atoms with Crippen molar-refractivity contribution in [3.05, 3.63) is 40.7 Å². The second-order valence-corrected chi connectivity index (χ2v) is 6.54. The zero-order valence-electron chi connectivity index (χ0n) is 12.5. The van der Waals surface area contributed by atoms with Crippen molar-refractivity contribution in [3.63, 3.8) is 0 Å². The van der Waals surface area contributed by atoms with Crippen molar-refractivity contribution in [1.29, 1.82) is 0 Å². The van der Waals surface area contributed by atoms with Gasteiger partial charge in [0.05, 0.1) is 12.6 Å². The van der Waals surface area contributed by atoms with E-state index >= 15 is 0 Å². The van der Waals surface area contributed by atoms with E-state index in [1.807, 2.05) is 0 Å². The molecule has 0 radical (unpaired) electrons. The molecule has 0 saturated carbocycles. The zero-order chi connectivity index (χ0) is 16.2. The third-order valence-corrected chi connectivity index (χ3v) is 4.64. The van der Waals surface area contributed by atoms with Crippen molar-refractivity contribution in [3.8, 4) is 0 Å². The predicted molar refractivity (Wildman–Crippen MR) is 86.3 cm³/mol. The molecule has 6 nitrogen and oxygen atoms in total. The Hall–Kier alpha value is -2.22. The molecule has 3 N–H and O–H groups in total. The number of aromatic nitrogens is 2. The van der Waals surface area contributed by atoms with Crippen LogP contribution in [0.25, 0.3) is 0 Å². The first-order valence-electron chi connectivity index (χ1n) is 7.51. The van der Waals surface area contributed by atoms with Crippen LogP contribution in [0, 0.1) is 5.82 Å². The molecule has 2 amide bonds. The molecule has 23 heavy (non-hydrogen) atoms. The molecule has 122 valence electrons. The van der Waals surface area contributed by atoms with E-state index in [1.54, 1.807) is 17.0 Å². The Morgan fingerprint density at radius 1 is 1.35 bits per heavy atom. The number of hydrogen-bond acceptors (Lipinski definition) is 5. The molecule has 1 aliphatic heterocycles. The van der Waals surface area contributed by atoms with Crippen LogP contribution in [-0.2, 0) is 6.54 Å². The van der Waals surface area contributed by atoms with E-state index in [2.05, 4.69) is 15.5 Å². The average molecular weight is 335 g/mol. The summed E-state index contributed by atoms with van der Waals surface area (Å²) < 4.78 is 13.1. The minimum absolute atomic E-state index is 0.0242. The van der Waals surface area contributed by atoms with Gasteiger partial charge in [0, 0.05) is 6.54 Å². The number of carbonyl (C=O) groups is 1. The first kappa shape index (κ1) is 15.7. The number of piperidine rings is 1. The predicted octanol–water partition coefficient (Wildman–Crippen LogP) is 2.70. The molecule has 0 spiro atoms. The number of carbonyl (C=O) groups excluding carboxylic acids is 1. The lowest BCUT2D eigenvalue weighted by molar-refractivity contribution is 0.151. The van der Waals surface area contributed by atoms with Gasteiger partial charge in [0.2, 0.25) is 5.13 Å². The molecular weight excluding hydrogens is 317 g/mol.